The third kappa shape index (κ3) is 4.20. The Hall–Kier alpha value is -3.13. The highest BCUT2D eigenvalue weighted by atomic mass is 79.9. The maximum atomic E-state index is 13.2. The number of rotatable bonds is 3. The topological polar surface area (TPSA) is 78.4 Å². The van der Waals surface area contributed by atoms with Gasteiger partial charge in [-0.1, -0.05) is 22.0 Å². The fourth-order valence-corrected chi connectivity index (χ4v) is 4.39. The Labute approximate surface area is 188 Å². The number of aromatic amines is 1. The van der Waals surface area contributed by atoms with E-state index in [2.05, 4.69) is 25.5 Å². The zero-order valence-electron chi connectivity index (χ0n) is 17.4. The van der Waals surface area contributed by atoms with Crippen molar-refractivity contribution in [1.29, 1.82) is 0 Å². The highest BCUT2D eigenvalue weighted by Gasteiger charge is 2.27. The molecule has 160 valence electrons. The number of nitrogens with one attached hydrogen (secondary N) is 1. The van der Waals surface area contributed by atoms with Crippen molar-refractivity contribution in [3.8, 4) is 5.69 Å². The van der Waals surface area contributed by atoms with E-state index in [9.17, 15) is 14.4 Å². The van der Waals surface area contributed by atoms with Crippen LogP contribution in [0.15, 0.2) is 57.9 Å². The zero-order chi connectivity index (χ0) is 22.1. The molecule has 0 bridgehead atoms. The molecule has 0 atom stereocenters. The minimum atomic E-state index is -0.243. The first-order valence-electron chi connectivity index (χ1n) is 10.1. The molecular weight excluding hydrogens is 460 g/mol. The standard InChI is InChI=1S/C23H23BrN4O3/c1-15-12-20(16(2)28(15)19-5-3-4-18(24)13-19)23(31)27-10-8-26(9-11-27)22(30)17-6-7-21(29)25-14-17/h3-7,12-14H,8-11H2,1-2H3,(H,25,29). The fraction of sp³-hybridized carbons (Fsp3) is 0.261. The third-order valence-electron chi connectivity index (χ3n) is 5.61. The van der Waals surface area contributed by atoms with E-state index in [0.29, 0.717) is 37.3 Å². The molecule has 1 aliphatic heterocycles. The number of halogens is 1. The number of hydrogen-bond acceptors (Lipinski definition) is 3. The van der Waals surface area contributed by atoms with Crippen LogP contribution in [-0.4, -0.2) is 57.3 Å². The van der Waals surface area contributed by atoms with Gasteiger partial charge in [-0.15, -0.1) is 0 Å². The largest absolute Gasteiger partial charge is 0.335 e. The molecule has 31 heavy (non-hydrogen) atoms. The van der Waals surface area contributed by atoms with E-state index < -0.39 is 0 Å². The Kier molecular flexibility index (Phi) is 5.82. The molecule has 0 unspecified atom stereocenters. The number of nitrogens with zero attached hydrogens (tertiary/aromatic N) is 3. The minimum absolute atomic E-state index is 0.0227. The molecule has 2 amide bonds. The molecular formula is C23H23BrN4O3. The molecule has 2 aromatic heterocycles. The van der Waals surface area contributed by atoms with E-state index >= 15 is 0 Å². The Morgan fingerprint density at radius 1 is 0.935 bits per heavy atom. The van der Waals surface area contributed by atoms with E-state index in [4.69, 9.17) is 0 Å². The van der Waals surface area contributed by atoms with Crippen LogP contribution < -0.4 is 5.56 Å². The summed E-state index contributed by atoms with van der Waals surface area (Å²) in [6.45, 7) is 5.79. The van der Waals surface area contributed by atoms with Crippen LogP contribution >= 0.6 is 15.9 Å². The molecule has 1 N–H and O–H groups in total. The van der Waals surface area contributed by atoms with E-state index in [1.54, 1.807) is 9.80 Å². The van der Waals surface area contributed by atoms with Gasteiger partial charge in [-0.3, -0.25) is 14.4 Å². The molecule has 4 rings (SSSR count). The van der Waals surface area contributed by atoms with E-state index in [1.165, 1.54) is 18.3 Å². The maximum Gasteiger partial charge on any atom is 0.255 e. The summed E-state index contributed by atoms with van der Waals surface area (Å²) in [5.41, 5.74) is 3.76. The summed E-state index contributed by atoms with van der Waals surface area (Å²) >= 11 is 3.51. The van der Waals surface area contributed by atoms with E-state index in [1.807, 2.05) is 44.2 Å². The van der Waals surface area contributed by atoms with Crippen LogP contribution in [0.2, 0.25) is 0 Å². The van der Waals surface area contributed by atoms with Gasteiger partial charge in [-0.2, -0.15) is 0 Å². The predicted molar refractivity (Wildman–Crippen MR) is 122 cm³/mol. The lowest BCUT2D eigenvalue weighted by Gasteiger charge is -2.34. The molecule has 3 aromatic rings. The summed E-state index contributed by atoms with van der Waals surface area (Å²) in [7, 11) is 0. The summed E-state index contributed by atoms with van der Waals surface area (Å²) in [5.74, 6) is -0.165. The summed E-state index contributed by atoms with van der Waals surface area (Å²) in [6.07, 6.45) is 1.43. The molecule has 7 nitrogen and oxygen atoms in total. The lowest BCUT2D eigenvalue weighted by Crippen LogP contribution is -2.50. The quantitative estimate of drug-likeness (QED) is 0.622. The van der Waals surface area contributed by atoms with Gasteiger partial charge < -0.3 is 19.4 Å². The number of aromatic nitrogens is 2. The fourth-order valence-electron chi connectivity index (χ4n) is 4.00. The molecule has 1 saturated heterocycles. The number of aryl methyl sites for hydroxylation is 1. The number of amides is 2. The lowest BCUT2D eigenvalue weighted by atomic mass is 10.1. The first kappa shape index (κ1) is 21.1. The molecule has 1 fully saturated rings. The predicted octanol–water partition coefficient (Wildman–Crippen LogP) is 3.14. The number of pyridine rings is 1. The summed E-state index contributed by atoms with van der Waals surface area (Å²) in [5, 5.41) is 0. The van der Waals surface area contributed by atoms with E-state index in [0.717, 1.165) is 21.5 Å². The molecule has 0 aliphatic carbocycles. The van der Waals surface area contributed by atoms with E-state index in [-0.39, 0.29) is 17.4 Å². The highest BCUT2D eigenvalue weighted by molar-refractivity contribution is 9.10. The molecule has 1 aliphatic rings. The molecule has 0 saturated carbocycles. The summed E-state index contributed by atoms with van der Waals surface area (Å²) in [6, 6.07) is 12.8. The van der Waals surface area contributed by atoms with Crippen LogP contribution in [0, 0.1) is 13.8 Å². The Balaban J connectivity index is 1.48. The minimum Gasteiger partial charge on any atom is -0.335 e. The van der Waals surface area contributed by atoms with Gasteiger partial charge >= 0.3 is 0 Å². The SMILES string of the molecule is Cc1cc(C(=O)N2CCN(C(=O)c3ccc(=O)[nH]c3)CC2)c(C)n1-c1cccc(Br)c1. The second-order valence-corrected chi connectivity index (χ2v) is 8.54. The first-order valence-corrected chi connectivity index (χ1v) is 10.9. The smallest absolute Gasteiger partial charge is 0.255 e. The first-order chi connectivity index (χ1) is 14.8. The number of carbonyl (C=O) groups excluding carboxylic acids is 2. The van der Waals surface area contributed by atoms with Gasteiger partial charge in [0.2, 0.25) is 5.56 Å². The Bertz CT molecular complexity index is 1190. The number of piperazine rings is 1. The Morgan fingerprint density at radius 2 is 1.61 bits per heavy atom. The normalized spacial score (nSPS) is 14.0. The van der Waals surface area contributed by atoms with Crippen LogP contribution in [0.25, 0.3) is 5.69 Å². The zero-order valence-corrected chi connectivity index (χ0v) is 19.0. The second kappa shape index (κ2) is 8.55. The van der Waals surface area contributed by atoms with Crippen LogP contribution in [-0.2, 0) is 0 Å². The van der Waals surface area contributed by atoms with Crippen LogP contribution in [0.1, 0.15) is 32.1 Å². The number of benzene rings is 1. The van der Waals surface area contributed by atoms with Gasteiger partial charge in [0.05, 0.1) is 11.1 Å². The molecule has 8 heteroatoms. The van der Waals surface area contributed by atoms with Crippen molar-refractivity contribution in [3.63, 3.8) is 0 Å². The van der Waals surface area contributed by atoms with Crippen molar-refractivity contribution in [3.05, 3.63) is 86.0 Å². The van der Waals surface area contributed by atoms with Crippen molar-refractivity contribution in [2.45, 2.75) is 13.8 Å². The van der Waals surface area contributed by atoms with Gasteiger partial charge in [-0.05, 0) is 44.2 Å². The maximum absolute atomic E-state index is 13.2. The van der Waals surface area contributed by atoms with Gasteiger partial charge in [0.1, 0.15) is 0 Å². The Morgan fingerprint density at radius 3 is 2.23 bits per heavy atom. The van der Waals surface area contributed by atoms with Gasteiger partial charge in [0.25, 0.3) is 11.8 Å². The third-order valence-corrected chi connectivity index (χ3v) is 6.11. The summed E-state index contributed by atoms with van der Waals surface area (Å²) in [4.78, 5) is 43.1. The van der Waals surface area contributed by atoms with Crippen LogP contribution in [0.4, 0.5) is 0 Å². The molecule has 1 aromatic carbocycles. The average molecular weight is 483 g/mol. The van der Waals surface area contributed by atoms with Crippen LogP contribution in [0.5, 0.6) is 0 Å². The van der Waals surface area contributed by atoms with Crippen molar-refractivity contribution in [2.75, 3.05) is 26.2 Å². The number of carbonyl (C=O) groups is 2. The molecule has 0 radical (unpaired) electrons. The monoisotopic (exact) mass is 482 g/mol. The number of H-pyrrole nitrogens is 1. The van der Waals surface area contributed by atoms with Gasteiger partial charge in [-0.25, -0.2) is 0 Å². The van der Waals surface area contributed by atoms with Crippen molar-refractivity contribution in [2.24, 2.45) is 0 Å². The van der Waals surface area contributed by atoms with Crippen molar-refractivity contribution < 1.29 is 9.59 Å². The van der Waals surface area contributed by atoms with Crippen LogP contribution in [0.3, 0.4) is 0 Å². The van der Waals surface area contributed by atoms with Crippen molar-refractivity contribution >= 4 is 27.7 Å². The van der Waals surface area contributed by atoms with Crippen molar-refractivity contribution in [1.82, 2.24) is 19.4 Å². The second-order valence-electron chi connectivity index (χ2n) is 7.63. The summed E-state index contributed by atoms with van der Waals surface area (Å²) < 4.78 is 3.06. The lowest BCUT2D eigenvalue weighted by molar-refractivity contribution is 0.0535. The molecule has 3 heterocycles. The van der Waals surface area contributed by atoms with Gasteiger partial charge in [0, 0.05) is 60.0 Å². The van der Waals surface area contributed by atoms with Gasteiger partial charge in [0.15, 0.2) is 0 Å². The average Bonchev–Trinajstić information content (AvgIpc) is 3.07. The number of hydrogen-bond donors (Lipinski definition) is 1. The molecule has 0 spiro atoms. The highest BCUT2D eigenvalue weighted by Crippen LogP contribution is 2.24.